The van der Waals surface area contributed by atoms with Crippen LogP contribution in [-0.2, 0) is 16.1 Å². The van der Waals surface area contributed by atoms with Gasteiger partial charge in [-0.1, -0.05) is 23.7 Å². The van der Waals surface area contributed by atoms with E-state index in [2.05, 4.69) is 43.4 Å². The summed E-state index contributed by atoms with van der Waals surface area (Å²) in [7, 11) is 0. The smallest absolute Gasteiger partial charge is 0.410 e. The fourth-order valence-corrected chi connectivity index (χ4v) is 6.38. The molecule has 1 aliphatic heterocycles. The number of rotatable bonds is 8. The number of hydrogen-bond acceptors (Lipinski definition) is 7. The highest BCUT2D eigenvalue weighted by Crippen LogP contribution is 2.48. The second kappa shape index (κ2) is 12.1. The molecule has 1 aromatic carbocycles. The Kier molecular flexibility index (Phi) is 8.00. The Labute approximate surface area is 274 Å². The first kappa shape index (κ1) is 30.3. The maximum atomic E-state index is 12.9. The zero-order chi connectivity index (χ0) is 32.0. The Morgan fingerprint density at radius 2 is 1.83 bits per heavy atom. The SMILES string of the molecule is CC(C)(C)OC(=O)N1CCN(c2cc(C3CC3)cn3cc(CNc4ccnc(NC(=O)[C@H]5CC5c5cccc(Cl)c5)c4)nc23)CC1. The molecule has 3 aromatic heterocycles. The molecule has 240 valence electrons. The van der Waals surface area contributed by atoms with Gasteiger partial charge in [0, 0.05) is 67.5 Å². The molecule has 3 fully saturated rings. The number of fused-ring (bicyclic) bond motifs is 1. The summed E-state index contributed by atoms with van der Waals surface area (Å²) >= 11 is 6.14. The predicted molar refractivity (Wildman–Crippen MR) is 180 cm³/mol. The highest BCUT2D eigenvalue weighted by Gasteiger charge is 2.44. The molecule has 2 amide bonds. The van der Waals surface area contributed by atoms with E-state index in [9.17, 15) is 9.59 Å². The van der Waals surface area contributed by atoms with Crippen LogP contribution in [0.25, 0.3) is 5.65 Å². The van der Waals surface area contributed by atoms with E-state index in [-0.39, 0.29) is 23.8 Å². The fourth-order valence-electron chi connectivity index (χ4n) is 6.18. The van der Waals surface area contributed by atoms with Crippen LogP contribution in [0, 0.1) is 5.92 Å². The van der Waals surface area contributed by atoms with Crippen LogP contribution in [0.5, 0.6) is 0 Å². The van der Waals surface area contributed by atoms with Crippen molar-refractivity contribution in [2.24, 2.45) is 5.92 Å². The van der Waals surface area contributed by atoms with Crippen LogP contribution >= 0.6 is 11.6 Å². The van der Waals surface area contributed by atoms with Crippen LogP contribution in [-0.4, -0.2) is 63.0 Å². The van der Waals surface area contributed by atoms with Crippen LogP contribution in [0.15, 0.2) is 61.1 Å². The van der Waals surface area contributed by atoms with Gasteiger partial charge in [-0.15, -0.1) is 0 Å². The first-order chi connectivity index (χ1) is 22.1. The maximum absolute atomic E-state index is 12.9. The van der Waals surface area contributed by atoms with Gasteiger partial charge >= 0.3 is 6.09 Å². The van der Waals surface area contributed by atoms with E-state index in [0.29, 0.717) is 36.4 Å². The van der Waals surface area contributed by atoms with Gasteiger partial charge in [0.2, 0.25) is 5.91 Å². The highest BCUT2D eigenvalue weighted by atomic mass is 35.5. The Balaban J connectivity index is 1.01. The summed E-state index contributed by atoms with van der Waals surface area (Å²) in [5.41, 5.74) is 5.69. The number of ether oxygens (including phenoxy) is 1. The van der Waals surface area contributed by atoms with Gasteiger partial charge in [-0.25, -0.2) is 14.8 Å². The van der Waals surface area contributed by atoms with Crippen molar-refractivity contribution >= 4 is 46.4 Å². The topological polar surface area (TPSA) is 104 Å². The van der Waals surface area contributed by atoms with E-state index < -0.39 is 5.60 Å². The van der Waals surface area contributed by atoms with Crippen molar-refractivity contribution in [3.8, 4) is 0 Å². The van der Waals surface area contributed by atoms with Crippen molar-refractivity contribution in [1.82, 2.24) is 19.3 Å². The third-order valence-electron chi connectivity index (χ3n) is 8.81. The molecule has 3 aliphatic rings. The monoisotopic (exact) mass is 641 g/mol. The summed E-state index contributed by atoms with van der Waals surface area (Å²) < 4.78 is 7.74. The summed E-state index contributed by atoms with van der Waals surface area (Å²) in [5, 5.41) is 7.13. The second-order valence-electron chi connectivity index (χ2n) is 13.6. The Hall–Kier alpha value is -4.31. The fraction of sp³-hybridized carbons (Fsp3) is 0.429. The molecule has 2 saturated carbocycles. The van der Waals surface area contributed by atoms with Crippen molar-refractivity contribution in [1.29, 1.82) is 0 Å². The van der Waals surface area contributed by atoms with Crippen molar-refractivity contribution in [2.45, 2.75) is 64.0 Å². The molecule has 1 unspecified atom stereocenters. The molecule has 10 nitrogen and oxygen atoms in total. The lowest BCUT2D eigenvalue weighted by Crippen LogP contribution is -2.50. The van der Waals surface area contributed by atoms with Gasteiger partial charge in [-0.2, -0.15) is 0 Å². The first-order valence-corrected chi connectivity index (χ1v) is 16.5. The summed E-state index contributed by atoms with van der Waals surface area (Å²) in [6.45, 7) is 8.84. The Bertz CT molecular complexity index is 1770. The number of aromatic nitrogens is 3. The van der Waals surface area contributed by atoms with Crippen molar-refractivity contribution in [2.75, 3.05) is 41.7 Å². The quantitative estimate of drug-likeness (QED) is 0.221. The zero-order valence-corrected chi connectivity index (χ0v) is 27.3. The van der Waals surface area contributed by atoms with E-state index in [0.717, 1.165) is 47.8 Å². The Morgan fingerprint density at radius 3 is 2.57 bits per heavy atom. The van der Waals surface area contributed by atoms with Crippen LogP contribution < -0.4 is 15.5 Å². The van der Waals surface area contributed by atoms with E-state index >= 15 is 0 Å². The summed E-state index contributed by atoms with van der Waals surface area (Å²) in [6.07, 6.45) is 8.96. The predicted octanol–water partition coefficient (Wildman–Crippen LogP) is 6.67. The zero-order valence-electron chi connectivity index (χ0n) is 26.5. The van der Waals surface area contributed by atoms with Gasteiger partial charge in [0.05, 0.1) is 17.9 Å². The maximum Gasteiger partial charge on any atom is 0.410 e. The minimum absolute atomic E-state index is 0.0269. The van der Waals surface area contributed by atoms with Gasteiger partial charge in [0.15, 0.2) is 5.65 Å². The average molecular weight is 642 g/mol. The van der Waals surface area contributed by atoms with Crippen LogP contribution in [0.4, 0.5) is 22.0 Å². The molecule has 46 heavy (non-hydrogen) atoms. The molecule has 4 heterocycles. The standard InChI is InChI=1S/C35H40ClN7O3/c1-35(2,3)46-34(45)42-13-11-41(12-14-42)30-16-24(22-7-8-22)20-43-21-27(39-32(30)43)19-38-26-9-10-37-31(17-26)40-33(44)29-18-28(29)23-5-4-6-25(36)15-23/h4-6,9-10,15-17,20-22,28-29H,7-8,11-14,18-19H2,1-3H3,(H2,37,38,40,44)/t28?,29-/m0/s1. The molecular formula is C35H40ClN7O3. The summed E-state index contributed by atoms with van der Waals surface area (Å²) in [4.78, 5) is 39.1. The van der Waals surface area contributed by atoms with E-state index in [1.807, 2.05) is 57.2 Å². The molecule has 7 rings (SSSR count). The molecule has 0 bridgehead atoms. The summed E-state index contributed by atoms with van der Waals surface area (Å²) in [5.74, 6) is 1.20. The van der Waals surface area contributed by atoms with Crippen LogP contribution in [0.1, 0.15) is 68.7 Å². The average Bonchev–Trinajstić information content (AvgIpc) is 3.95. The number of amides is 2. The number of anilines is 3. The molecule has 2 N–H and O–H groups in total. The molecule has 0 spiro atoms. The molecule has 2 atom stereocenters. The van der Waals surface area contributed by atoms with Crippen molar-refractivity contribution < 1.29 is 14.3 Å². The van der Waals surface area contributed by atoms with Crippen molar-refractivity contribution in [3.05, 3.63) is 82.9 Å². The van der Waals surface area contributed by atoms with Crippen LogP contribution in [0.2, 0.25) is 5.02 Å². The number of piperazine rings is 1. The third-order valence-corrected chi connectivity index (χ3v) is 9.05. The van der Waals surface area contributed by atoms with E-state index in [4.69, 9.17) is 21.3 Å². The van der Waals surface area contributed by atoms with Crippen LogP contribution in [0.3, 0.4) is 0 Å². The van der Waals surface area contributed by atoms with Gasteiger partial charge in [-0.3, -0.25) is 4.79 Å². The number of halogens is 1. The second-order valence-corrected chi connectivity index (χ2v) is 14.1. The molecular weight excluding hydrogens is 602 g/mol. The lowest BCUT2D eigenvalue weighted by Gasteiger charge is -2.37. The van der Waals surface area contributed by atoms with Gasteiger partial charge in [-0.05, 0) is 87.3 Å². The highest BCUT2D eigenvalue weighted by molar-refractivity contribution is 6.30. The van der Waals surface area contributed by atoms with Gasteiger partial charge in [0.25, 0.3) is 0 Å². The normalized spacial score (nSPS) is 19.7. The molecule has 0 radical (unpaired) electrons. The number of nitrogens with one attached hydrogen (secondary N) is 2. The number of benzene rings is 1. The minimum Gasteiger partial charge on any atom is -0.444 e. The van der Waals surface area contributed by atoms with E-state index in [1.165, 1.54) is 18.4 Å². The molecule has 2 aliphatic carbocycles. The van der Waals surface area contributed by atoms with E-state index in [1.54, 1.807) is 11.1 Å². The number of pyridine rings is 2. The van der Waals surface area contributed by atoms with Gasteiger partial charge < -0.3 is 29.6 Å². The Morgan fingerprint density at radius 1 is 1.02 bits per heavy atom. The van der Waals surface area contributed by atoms with Gasteiger partial charge in [0.1, 0.15) is 11.4 Å². The number of carbonyl (C=O) groups is 2. The third kappa shape index (κ3) is 6.92. The van der Waals surface area contributed by atoms with Crippen molar-refractivity contribution in [3.63, 3.8) is 0 Å². The lowest BCUT2D eigenvalue weighted by molar-refractivity contribution is -0.117. The number of nitrogens with zero attached hydrogens (tertiary/aromatic N) is 5. The largest absolute Gasteiger partial charge is 0.444 e. The number of imidazole rings is 1. The summed E-state index contributed by atoms with van der Waals surface area (Å²) in [6, 6.07) is 13.8. The number of carbonyl (C=O) groups excluding carboxylic acids is 2. The molecule has 11 heteroatoms. The lowest BCUT2D eigenvalue weighted by atomic mass is 10.1. The minimum atomic E-state index is -0.510. The molecule has 1 saturated heterocycles. The first-order valence-electron chi connectivity index (χ1n) is 16.1. The molecule has 4 aromatic rings. The number of hydrogen-bond donors (Lipinski definition) is 2.